The topological polar surface area (TPSA) is 46.2 Å². The fourth-order valence-corrected chi connectivity index (χ4v) is 7.34. The Balaban J connectivity index is 2.35. The van der Waals surface area contributed by atoms with Crippen molar-refractivity contribution in [1.29, 1.82) is 0 Å². The molecule has 0 saturated carbocycles. The first-order valence-corrected chi connectivity index (χ1v) is 9.38. The van der Waals surface area contributed by atoms with E-state index in [1.54, 1.807) is 0 Å². The van der Waals surface area contributed by atoms with E-state index >= 15 is 0 Å². The van der Waals surface area contributed by atoms with Crippen molar-refractivity contribution in [2.24, 2.45) is 0 Å². The quantitative estimate of drug-likeness (QED) is 0.585. The van der Waals surface area contributed by atoms with Gasteiger partial charge in [0.2, 0.25) is 0 Å². The van der Waals surface area contributed by atoms with Gasteiger partial charge in [-0.3, -0.25) is 0 Å². The average Bonchev–Trinajstić information content (AvgIpc) is 2.52. The van der Waals surface area contributed by atoms with Crippen molar-refractivity contribution in [3.8, 4) is 0 Å². The summed E-state index contributed by atoms with van der Waals surface area (Å²) in [6.45, 7) is 2.47. The molecule has 1 aliphatic rings. The van der Waals surface area contributed by atoms with Gasteiger partial charge in [0, 0.05) is 0 Å². The van der Waals surface area contributed by atoms with Crippen molar-refractivity contribution < 1.29 is 12.3 Å². The molecule has 6 heteroatoms. The first-order valence-electron chi connectivity index (χ1n) is 5.17. The van der Waals surface area contributed by atoms with E-state index in [4.69, 9.17) is 0 Å². The maximum atomic E-state index is 12.2. The third-order valence-electron chi connectivity index (χ3n) is 3.34. The number of nitrogens with one attached hydrogen (secondary N) is 1. The molecule has 0 radical (unpaired) electrons. The van der Waals surface area contributed by atoms with Crippen LogP contribution in [0, 0.1) is 0 Å². The van der Waals surface area contributed by atoms with Crippen LogP contribution in [0.15, 0.2) is 0 Å². The zero-order chi connectivity index (χ0) is 10.7. The fraction of sp³-hybridized carbons (Fsp3) is 1.00. The van der Waals surface area contributed by atoms with Gasteiger partial charge in [0.25, 0.3) is 0 Å². The van der Waals surface area contributed by atoms with Gasteiger partial charge in [0.05, 0.1) is 0 Å². The van der Waals surface area contributed by atoms with Crippen molar-refractivity contribution in [2.45, 2.75) is 19.8 Å². The monoisotopic (exact) mass is 243 g/mol. The predicted molar refractivity (Wildman–Crippen MR) is 60.7 cm³/mol. The number of halogens is 1. The molecule has 1 fully saturated rings. The third-order valence-corrected chi connectivity index (χ3v) is 9.53. The van der Waals surface area contributed by atoms with Crippen LogP contribution in [0.3, 0.4) is 0 Å². The van der Waals surface area contributed by atoms with E-state index in [0.717, 1.165) is 6.16 Å². The van der Waals surface area contributed by atoms with Crippen molar-refractivity contribution in [2.75, 3.05) is 31.2 Å². The van der Waals surface area contributed by atoms with Gasteiger partial charge in [-0.05, 0) is 0 Å². The zero-order valence-electron chi connectivity index (χ0n) is 8.55. The zero-order valence-corrected chi connectivity index (χ0v) is 10.4. The molecule has 1 saturated heterocycles. The Morgan fingerprint density at radius 1 is 1.36 bits per heavy atom. The fourth-order valence-electron chi connectivity index (χ4n) is 2.34. The number of hydrogen-bond acceptors (Lipinski definition) is 2. The summed E-state index contributed by atoms with van der Waals surface area (Å²) in [6.07, 6.45) is 7.23. The molecule has 86 valence electrons. The Morgan fingerprint density at radius 2 is 1.93 bits per heavy atom. The van der Waals surface area contributed by atoms with Gasteiger partial charge in [-0.25, -0.2) is 0 Å². The Kier molecular flexibility index (Phi) is 4.29. The summed E-state index contributed by atoms with van der Waals surface area (Å²) in [7, 11) is -5.68. The average molecular weight is 243 g/mol. The molecule has 1 aliphatic heterocycles. The molecule has 0 spiro atoms. The SMILES string of the molecule is CC[PH]1(CCNS(=O)(=O)F)CCCC1. The standard InChI is InChI=1S/C8H19FNO2PS/c1-2-13(6-3-4-7-13)8-5-10-14(9,11)12/h10,13H,2-8H2,1H3. The molecular weight excluding hydrogens is 224 g/mol. The van der Waals surface area contributed by atoms with E-state index < -0.39 is 17.7 Å². The molecule has 0 atom stereocenters. The van der Waals surface area contributed by atoms with Gasteiger partial charge in [0.1, 0.15) is 0 Å². The number of hydrogen-bond donors (Lipinski definition) is 1. The van der Waals surface area contributed by atoms with Crippen molar-refractivity contribution >= 4 is 17.7 Å². The van der Waals surface area contributed by atoms with E-state index in [9.17, 15) is 12.3 Å². The predicted octanol–water partition coefficient (Wildman–Crippen LogP) is 1.35. The first kappa shape index (κ1) is 12.3. The van der Waals surface area contributed by atoms with Crippen LogP contribution in [0.25, 0.3) is 0 Å². The summed E-state index contributed by atoms with van der Waals surface area (Å²) < 4.78 is 34.6. The van der Waals surface area contributed by atoms with Crippen LogP contribution in [-0.2, 0) is 10.4 Å². The van der Waals surface area contributed by atoms with Crippen LogP contribution in [0.4, 0.5) is 3.89 Å². The Morgan fingerprint density at radius 3 is 2.36 bits per heavy atom. The molecule has 0 bridgehead atoms. The molecular formula is C8H19FNO2PS. The Labute approximate surface area is 86.1 Å². The Hall–Kier alpha value is 0.270. The number of rotatable bonds is 5. The van der Waals surface area contributed by atoms with E-state index in [1.165, 1.54) is 31.3 Å². The van der Waals surface area contributed by atoms with Gasteiger partial charge in [-0.2, -0.15) is 0 Å². The molecule has 0 aromatic rings. The van der Waals surface area contributed by atoms with Crippen LogP contribution in [0.2, 0.25) is 0 Å². The summed E-state index contributed by atoms with van der Waals surface area (Å²) in [5, 5.41) is 0. The molecule has 1 N–H and O–H groups in total. The van der Waals surface area contributed by atoms with Gasteiger partial charge in [-0.1, -0.05) is 0 Å². The van der Waals surface area contributed by atoms with E-state index in [-0.39, 0.29) is 0 Å². The minimum absolute atomic E-state index is 0.291. The van der Waals surface area contributed by atoms with Crippen molar-refractivity contribution in [3.63, 3.8) is 0 Å². The molecule has 0 unspecified atom stereocenters. The minimum atomic E-state index is -4.48. The normalized spacial score (nSPS) is 23.6. The molecule has 1 rings (SSSR count). The molecule has 0 amide bonds. The second-order valence-electron chi connectivity index (χ2n) is 4.14. The molecule has 0 aliphatic carbocycles. The van der Waals surface area contributed by atoms with E-state index in [1.807, 2.05) is 4.72 Å². The third kappa shape index (κ3) is 3.79. The summed E-state index contributed by atoms with van der Waals surface area (Å²) >= 11 is 0. The molecule has 0 aromatic heterocycles. The van der Waals surface area contributed by atoms with Gasteiger partial charge in [-0.15, -0.1) is 0 Å². The van der Waals surface area contributed by atoms with Gasteiger partial charge >= 0.3 is 85.7 Å². The van der Waals surface area contributed by atoms with Crippen LogP contribution >= 0.6 is 7.26 Å². The molecule has 1 heterocycles. The Bertz CT molecular complexity index is 275. The second kappa shape index (κ2) is 4.86. The summed E-state index contributed by atoms with van der Waals surface area (Å²) in [4.78, 5) is 0. The summed E-state index contributed by atoms with van der Waals surface area (Å²) in [5.74, 6) is 0. The van der Waals surface area contributed by atoms with Crippen LogP contribution in [-0.4, -0.2) is 39.6 Å². The molecule has 0 aromatic carbocycles. The summed E-state index contributed by atoms with van der Waals surface area (Å²) in [5.41, 5.74) is 0. The second-order valence-corrected chi connectivity index (χ2v) is 10.5. The maximum absolute atomic E-state index is 12.2. The van der Waals surface area contributed by atoms with Gasteiger partial charge < -0.3 is 0 Å². The van der Waals surface area contributed by atoms with Crippen LogP contribution in [0.1, 0.15) is 19.8 Å². The molecule has 14 heavy (non-hydrogen) atoms. The van der Waals surface area contributed by atoms with Crippen molar-refractivity contribution in [3.05, 3.63) is 0 Å². The summed E-state index contributed by atoms with van der Waals surface area (Å²) in [6, 6.07) is 0. The van der Waals surface area contributed by atoms with E-state index in [0.29, 0.717) is 6.54 Å². The van der Waals surface area contributed by atoms with Crippen LogP contribution in [0.5, 0.6) is 0 Å². The van der Waals surface area contributed by atoms with Crippen LogP contribution < -0.4 is 4.72 Å². The van der Waals surface area contributed by atoms with Gasteiger partial charge in [0.15, 0.2) is 0 Å². The van der Waals surface area contributed by atoms with Crippen molar-refractivity contribution in [1.82, 2.24) is 4.72 Å². The first-order chi connectivity index (χ1) is 6.47. The molecule has 3 nitrogen and oxygen atoms in total. The van der Waals surface area contributed by atoms with E-state index in [2.05, 4.69) is 6.92 Å².